The first-order chi connectivity index (χ1) is 18.1. The molecule has 8 nitrogen and oxygen atoms in total. The molecule has 1 atom stereocenters. The number of para-hydroxylation sites is 1. The van der Waals surface area contributed by atoms with Crippen LogP contribution in [0.15, 0.2) is 79.0 Å². The Morgan fingerprint density at radius 2 is 1.73 bits per heavy atom. The molecule has 0 bridgehead atoms. The number of carbonyl (C=O) groups is 3. The van der Waals surface area contributed by atoms with Crippen molar-refractivity contribution in [3.05, 3.63) is 95.7 Å². The number of nitrogens with zero attached hydrogens (tertiary/aromatic N) is 3. The van der Waals surface area contributed by atoms with Crippen LogP contribution in [0.5, 0.6) is 5.75 Å². The van der Waals surface area contributed by atoms with E-state index in [0.717, 1.165) is 35.2 Å². The maximum atomic E-state index is 13.5. The predicted molar refractivity (Wildman–Crippen MR) is 140 cm³/mol. The highest BCUT2D eigenvalue weighted by atomic mass is 16.5. The number of hydrogen-bond acceptors (Lipinski definition) is 4. The fraction of sp³-hybridized carbons (Fsp3) is 0.207. The average molecular weight is 495 g/mol. The molecule has 2 aliphatic rings. The summed E-state index contributed by atoms with van der Waals surface area (Å²) in [6.07, 6.45) is 2.12. The predicted octanol–water partition coefficient (Wildman–Crippen LogP) is 3.97. The van der Waals surface area contributed by atoms with E-state index in [4.69, 9.17) is 4.74 Å². The zero-order chi connectivity index (χ0) is 25.5. The van der Waals surface area contributed by atoms with Crippen LogP contribution in [0.4, 0.5) is 5.69 Å². The van der Waals surface area contributed by atoms with Crippen molar-refractivity contribution in [1.82, 2.24) is 14.8 Å². The number of aromatic nitrogens is 1. The van der Waals surface area contributed by atoms with Crippen LogP contribution in [0.25, 0.3) is 10.9 Å². The summed E-state index contributed by atoms with van der Waals surface area (Å²) in [7, 11) is 1.65. The number of aryl methyl sites for hydroxylation is 1. The zero-order valence-electron chi connectivity index (χ0n) is 20.4. The second kappa shape index (κ2) is 9.13. The summed E-state index contributed by atoms with van der Waals surface area (Å²) < 4.78 is 7.43. The van der Waals surface area contributed by atoms with Gasteiger partial charge in [-0.1, -0.05) is 30.3 Å². The minimum absolute atomic E-state index is 0.137. The minimum Gasteiger partial charge on any atom is -0.497 e. The van der Waals surface area contributed by atoms with Gasteiger partial charge in [-0.2, -0.15) is 0 Å². The van der Waals surface area contributed by atoms with E-state index in [0.29, 0.717) is 23.4 Å². The Bertz CT molecular complexity index is 1540. The van der Waals surface area contributed by atoms with Gasteiger partial charge < -0.3 is 19.5 Å². The highest BCUT2D eigenvalue weighted by Gasteiger charge is 2.47. The number of amides is 3. The Balaban J connectivity index is 1.15. The van der Waals surface area contributed by atoms with E-state index >= 15 is 0 Å². The number of benzene rings is 3. The molecule has 186 valence electrons. The van der Waals surface area contributed by atoms with E-state index < -0.39 is 6.17 Å². The van der Waals surface area contributed by atoms with E-state index in [1.165, 1.54) is 4.90 Å². The van der Waals surface area contributed by atoms with Crippen molar-refractivity contribution in [2.45, 2.75) is 19.1 Å². The number of anilines is 1. The number of rotatable bonds is 7. The quantitative estimate of drug-likeness (QED) is 0.394. The lowest BCUT2D eigenvalue weighted by Gasteiger charge is -2.40. The van der Waals surface area contributed by atoms with Gasteiger partial charge in [0.2, 0.25) is 5.91 Å². The minimum atomic E-state index is -0.639. The summed E-state index contributed by atoms with van der Waals surface area (Å²) in [5.74, 6) is 0.137. The molecule has 3 amide bonds. The molecule has 0 spiro atoms. The van der Waals surface area contributed by atoms with Crippen LogP contribution >= 0.6 is 0 Å². The molecule has 0 aliphatic carbocycles. The molecule has 1 aromatic heterocycles. The number of hydrogen-bond donors (Lipinski definition) is 1. The van der Waals surface area contributed by atoms with Gasteiger partial charge in [0.15, 0.2) is 0 Å². The molecular weight excluding hydrogens is 468 g/mol. The summed E-state index contributed by atoms with van der Waals surface area (Å²) >= 11 is 0. The van der Waals surface area contributed by atoms with Crippen LogP contribution in [0, 0.1) is 0 Å². The van der Waals surface area contributed by atoms with Crippen molar-refractivity contribution in [2.24, 2.45) is 0 Å². The molecule has 0 unspecified atom stereocenters. The van der Waals surface area contributed by atoms with Crippen molar-refractivity contribution in [2.75, 3.05) is 25.1 Å². The number of carbonyl (C=O) groups excluding carboxylic acids is 3. The number of methoxy groups -OCH3 is 1. The number of ether oxygens (including phenoxy) is 1. The van der Waals surface area contributed by atoms with E-state index in [2.05, 4.69) is 9.88 Å². The van der Waals surface area contributed by atoms with Crippen molar-refractivity contribution in [1.29, 1.82) is 0 Å². The Kier molecular flexibility index (Phi) is 5.64. The van der Waals surface area contributed by atoms with E-state index in [1.807, 2.05) is 54.7 Å². The van der Waals surface area contributed by atoms with Crippen molar-refractivity contribution in [3.8, 4) is 5.75 Å². The second-order valence-corrected chi connectivity index (χ2v) is 9.22. The molecule has 1 N–H and O–H groups in total. The van der Waals surface area contributed by atoms with Gasteiger partial charge >= 0.3 is 0 Å². The molecule has 37 heavy (non-hydrogen) atoms. The monoisotopic (exact) mass is 494 g/mol. The smallest absolute Gasteiger partial charge is 0.260 e. The van der Waals surface area contributed by atoms with Gasteiger partial charge in [-0.15, -0.1) is 0 Å². The third kappa shape index (κ3) is 3.81. The van der Waals surface area contributed by atoms with Crippen LogP contribution in [-0.4, -0.2) is 47.4 Å². The van der Waals surface area contributed by atoms with Crippen LogP contribution in [0.3, 0.4) is 0 Å². The van der Waals surface area contributed by atoms with Crippen molar-refractivity contribution in [3.63, 3.8) is 0 Å². The summed E-state index contributed by atoms with van der Waals surface area (Å²) in [5, 5.41) is 4.05. The molecule has 3 heterocycles. The first-order valence-corrected chi connectivity index (χ1v) is 12.3. The molecule has 4 aromatic rings. The lowest BCUT2D eigenvalue weighted by Crippen LogP contribution is -2.51. The van der Waals surface area contributed by atoms with Gasteiger partial charge in [-0.25, -0.2) is 0 Å². The zero-order valence-corrected chi connectivity index (χ0v) is 20.4. The SMILES string of the molecule is COc1ccc2c(ccn2CCCNC(=O)CN2C(=O)c3ccccc3N3C(=O)c4ccccc4[C@@H]23)c1. The molecule has 3 aromatic carbocycles. The largest absolute Gasteiger partial charge is 0.497 e. The van der Waals surface area contributed by atoms with Gasteiger partial charge in [-0.05, 0) is 48.9 Å². The summed E-state index contributed by atoms with van der Waals surface area (Å²) in [5.41, 5.74) is 3.39. The van der Waals surface area contributed by atoms with Crippen molar-refractivity contribution < 1.29 is 19.1 Å². The van der Waals surface area contributed by atoms with Crippen LogP contribution < -0.4 is 15.0 Å². The lowest BCUT2D eigenvalue weighted by molar-refractivity contribution is -0.122. The first kappa shape index (κ1) is 22.8. The van der Waals surface area contributed by atoms with Crippen molar-refractivity contribution >= 4 is 34.3 Å². The van der Waals surface area contributed by atoms with Gasteiger partial charge in [0.05, 0.1) is 18.4 Å². The van der Waals surface area contributed by atoms with Gasteiger partial charge in [0.1, 0.15) is 18.5 Å². The van der Waals surface area contributed by atoms with Crippen LogP contribution in [0.1, 0.15) is 38.9 Å². The third-order valence-corrected chi connectivity index (χ3v) is 7.07. The van der Waals surface area contributed by atoms with Crippen LogP contribution in [0.2, 0.25) is 0 Å². The average Bonchev–Trinajstić information content (AvgIpc) is 3.47. The highest BCUT2D eigenvalue weighted by molar-refractivity contribution is 6.17. The normalized spacial score (nSPS) is 16.0. The number of fused-ring (bicyclic) bond motifs is 6. The summed E-state index contributed by atoms with van der Waals surface area (Å²) in [4.78, 5) is 42.8. The van der Waals surface area contributed by atoms with E-state index in [9.17, 15) is 14.4 Å². The Labute approximate surface area is 214 Å². The topological polar surface area (TPSA) is 83.9 Å². The Morgan fingerprint density at radius 3 is 2.57 bits per heavy atom. The lowest BCUT2D eigenvalue weighted by atomic mass is 10.0. The van der Waals surface area contributed by atoms with E-state index in [1.54, 1.807) is 36.3 Å². The maximum Gasteiger partial charge on any atom is 0.260 e. The van der Waals surface area contributed by atoms with Crippen LogP contribution in [-0.2, 0) is 11.3 Å². The fourth-order valence-electron chi connectivity index (χ4n) is 5.32. The van der Waals surface area contributed by atoms with Gasteiger partial charge in [0.25, 0.3) is 11.8 Å². The molecule has 0 fully saturated rings. The molecule has 2 aliphatic heterocycles. The molecular formula is C29H26N4O4. The first-order valence-electron chi connectivity index (χ1n) is 12.3. The Morgan fingerprint density at radius 1 is 0.946 bits per heavy atom. The Hall–Kier alpha value is -4.59. The summed E-state index contributed by atoms with van der Waals surface area (Å²) in [6.45, 7) is 1.07. The summed E-state index contributed by atoms with van der Waals surface area (Å²) in [6, 6.07) is 22.3. The molecule has 0 saturated carbocycles. The molecule has 0 saturated heterocycles. The van der Waals surface area contributed by atoms with E-state index in [-0.39, 0.29) is 24.3 Å². The third-order valence-electron chi connectivity index (χ3n) is 7.07. The molecule has 6 rings (SSSR count). The highest BCUT2D eigenvalue weighted by Crippen LogP contribution is 2.44. The standard InChI is InChI=1S/C29H26N4O4/c1-37-20-11-12-24-19(17-20)13-16-31(24)15-6-14-30-26(34)18-32-27-21-7-2-3-8-22(21)29(36)33(27)25-10-5-4-9-23(25)28(32)35/h2-5,7-13,16-17,27H,6,14-15,18H2,1H3,(H,30,34)/t27-/m0/s1. The fourth-order valence-corrected chi connectivity index (χ4v) is 5.32. The maximum absolute atomic E-state index is 13.5. The van der Waals surface area contributed by atoms with Gasteiger partial charge in [-0.3, -0.25) is 19.3 Å². The van der Waals surface area contributed by atoms with Gasteiger partial charge in [0, 0.05) is 41.3 Å². The number of nitrogens with one attached hydrogen (secondary N) is 1. The second-order valence-electron chi connectivity index (χ2n) is 9.22. The molecule has 0 radical (unpaired) electrons. The molecule has 8 heteroatoms.